The van der Waals surface area contributed by atoms with Gasteiger partial charge in [0, 0.05) is 17.5 Å². The molecule has 0 aliphatic carbocycles. The number of pyridine rings is 1. The highest BCUT2D eigenvalue weighted by atomic mass is 16.5. The molecule has 0 spiro atoms. The average Bonchev–Trinajstić information content (AvgIpc) is 2.41. The predicted molar refractivity (Wildman–Crippen MR) is 77.5 cm³/mol. The van der Waals surface area contributed by atoms with Gasteiger partial charge in [-0.3, -0.25) is 4.98 Å². The molecule has 2 N–H and O–H groups in total. The Bertz CT molecular complexity index is 576. The Hall–Kier alpha value is -1.87. The van der Waals surface area contributed by atoms with Gasteiger partial charge in [0.25, 0.3) is 0 Å². The van der Waals surface area contributed by atoms with Crippen molar-refractivity contribution in [2.45, 2.75) is 26.8 Å². The Kier molecular flexibility index (Phi) is 3.86. The summed E-state index contributed by atoms with van der Waals surface area (Å²) in [7, 11) is 1.69. The van der Waals surface area contributed by atoms with Crippen LogP contribution in [0.15, 0.2) is 30.5 Å². The molecule has 100 valence electrons. The van der Waals surface area contributed by atoms with Crippen LogP contribution in [-0.4, -0.2) is 12.1 Å². The lowest BCUT2D eigenvalue weighted by molar-refractivity contribution is 0.404. The van der Waals surface area contributed by atoms with Gasteiger partial charge in [-0.25, -0.2) is 0 Å². The summed E-state index contributed by atoms with van der Waals surface area (Å²) >= 11 is 0. The third-order valence-electron chi connectivity index (χ3n) is 3.54. The highest BCUT2D eigenvalue weighted by Crippen LogP contribution is 2.32. The number of nitrogens with zero attached hydrogens (tertiary/aromatic N) is 1. The van der Waals surface area contributed by atoms with Crippen LogP contribution in [0.25, 0.3) is 0 Å². The van der Waals surface area contributed by atoms with E-state index in [2.05, 4.69) is 24.9 Å². The number of nitrogens with two attached hydrogens (primary N) is 1. The van der Waals surface area contributed by atoms with E-state index < -0.39 is 0 Å². The van der Waals surface area contributed by atoms with Crippen molar-refractivity contribution in [1.29, 1.82) is 0 Å². The van der Waals surface area contributed by atoms with Gasteiger partial charge in [-0.15, -0.1) is 0 Å². The van der Waals surface area contributed by atoms with Crippen LogP contribution in [0.1, 0.15) is 34.0 Å². The Morgan fingerprint density at radius 3 is 2.42 bits per heavy atom. The maximum atomic E-state index is 6.34. The molecule has 1 unspecified atom stereocenters. The van der Waals surface area contributed by atoms with E-state index in [4.69, 9.17) is 10.5 Å². The lowest BCUT2D eigenvalue weighted by Crippen LogP contribution is -2.14. The average molecular weight is 256 g/mol. The molecule has 2 aromatic rings. The monoisotopic (exact) mass is 256 g/mol. The zero-order valence-corrected chi connectivity index (χ0v) is 11.9. The second-order valence-electron chi connectivity index (χ2n) is 4.84. The summed E-state index contributed by atoms with van der Waals surface area (Å²) in [4.78, 5) is 4.30. The minimum atomic E-state index is -0.220. The van der Waals surface area contributed by atoms with Crippen molar-refractivity contribution in [3.63, 3.8) is 0 Å². The molecule has 3 nitrogen and oxygen atoms in total. The lowest BCUT2D eigenvalue weighted by Gasteiger charge is -2.19. The second-order valence-corrected chi connectivity index (χ2v) is 4.84. The molecule has 0 aliphatic heterocycles. The normalized spacial score (nSPS) is 12.3. The Labute approximate surface area is 114 Å². The highest BCUT2D eigenvalue weighted by molar-refractivity contribution is 5.49. The van der Waals surface area contributed by atoms with Crippen LogP contribution in [0, 0.1) is 20.8 Å². The molecule has 0 bridgehead atoms. The zero-order chi connectivity index (χ0) is 14.0. The number of rotatable bonds is 3. The van der Waals surface area contributed by atoms with Crippen molar-refractivity contribution in [1.82, 2.24) is 4.98 Å². The van der Waals surface area contributed by atoms with Crippen molar-refractivity contribution in [2.24, 2.45) is 5.73 Å². The quantitative estimate of drug-likeness (QED) is 0.918. The highest BCUT2D eigenvalue weighted by Gasteiger charge is 2.16. The van der Waals surface area contributed by atoms with Crippen LogP contribution in [0.2, 0.25) is 0 Å². The topological polar surface area (TPSA) is 48.1 Å². The van der Waals surface area contributed by atoms with Gasteiger partial charge in [0.15, 0.2) is 0 Å². The van der Waals surface area contributed by atoms with Crippen LogP contribution < -0.4 is 10.5 Å². The Morgan fingerprint density at radius 1 is 1.11 bits per heavy atom. The first-order valence-electron chi connectivity index (χ1n) is 6.36. The maximum absolute atomic E-state index is 6.34. The third kappa shape index (κ3) is 2.61. The van der Waals surface area contributed by atoms with Gasteiger partial charge in [0.05, 0.1) is 13.2 Å². The number of hydrogen-bond acceptors (Lipinski definition) is 3. The van der Waals surface area contributed by atoms with Gasteiger partial charge in [-0.2, -0.15) is 0 Å². The fraction of sp³-hybridized carbons (Fsp3) is 0.312. The molecule has 19 heavy (non-hydrogen) atoms. The largest absolute Gasteiger partial charge is 0.496 e. The predicted octanol–water partition coefficient (Wildman–Crippen LogP) is 3.06. The molecular weight excluding hydrogens is 236 g/mol. The molecule has 0 amide bonds. The Balaban J connectivity index is 2.46. The van der Waals surface area contributed by atoms with E-state index in [0.29, 0.717) is 0 Å². The molecule has 1 aromatic heterocycles. The first-order valence-corrected chi connectivity index (χ1v) is 6.36. The molecule has 2 rings (SSSR count). The number of hydrogen-bond donors (Lipinski definition) is 1. The third-order valence-corrected chi connectivity index (χ3v) is 3.54. The number of ether oxygens (including phenoxy) is 1. The number of aromatic nitrogens is 1. The van der Waals surface area contributed by atoms with Crippen LogP contribution in [0.3, 0.4) is 0 Å². The first kappa shape index (κ1) is 13.6. The number of methoxy groups -OCH3 is 1. The maximum Gasteiger partial charge on any atom is 0.127 e. The van der Waals surface area contributed by atoms with Gasteiger partial charge in [-0.05, 0) is 43.5 Å². The van der Waals surface area contributed by atoms with E-state index in [1.165, 1.54) is 5.56 Å². The Morgan fingerprint density at radius 2 is 1.84 bits per heavy atom. The fourth-order valence-corrected chi connectivity index (χ4v) is 2.17. The summed E-state index contributed by atoms with van der Waals surface area (Å²) < 4.78 is 5.52. The minimum absolute atomic E-state index is 0.220. The molecule has 0 saturated heterocycles. The summed E-state index contributed by atoms with van der Waals surface area (Å²) in [6.45, 7) is 6.09. The minimum Gasteiger partial charge on any atom is -0.496 e. The number of aryl methyl sites for hydroxylation is 2. The SMILES string of the molecule is COc1c(C(N)c2ccc(C)nc2)ccc(C)c1C. The van der Waals surface area contributed by atoms with E-state index >= 15 is 0 Å². The van der Waals surface area contributed by atoms with Gasteiger partial charge in [-0.1, -0.05) is 18.2 Å². The summed E-state index contributed by atoms with van der Waals surface area (Å²) in [6, 6.07) is 7.88. The van der Waals surface area contributed by atoms with Crippen LogP contribution in [0.5, 0.6) is 5.75 Å². The molecule has 0 aliphatic rings. The lowest BCUT2D eigenvalue weighted by atomic mass is 9.95. The first-order chi connectivity index (χ1) is 9.04. The molecule has 0 fully saturated rings. The van der Waals surface area contributed by atoms with Gasteiger partial charge < -0.3 is 10.5 Å². The van der Waals surface area contributed by atoms with Gasteiger partial charge in [0.1, 0.15) is 5.75 Å². The molecular formula is C16H20N2O. The van der Waals surface area contributed by atoms with Crippen molar-refractivity contribution in [2.75, 3.05) is 7.11 Å². The summed E-state index contributed by atoms with van der Waals surface area (Å²) in [5.41, 5.74) is 11.7. The fourth-order valence-electron chi connectivity index (χ4n) is 2.17. The van der Waals surface area contributed by atoms with E-state index in [1.54, 1.807) is 7.11 Å². The van der Waals surface area contributed by atoms with E-state index in [9.17, 15) is 0 Å². The smallest absolute Gasteiger partial charge is 0.127 e. The molecule has 0 saturated carbocycles. The van der Waals surface area contributed by atoms with Gasteiger partial charge in [0.2, 0.25) is 0 Å². The van der Waals surface area contributed by atoms with E-state index in [0.717, 1.165) is 28.1 Å². The molecule has 1 aromatic carbocycles. The van der Waals surface area contributed by atoms with Crippen LogP contribution in [0.4, 0.5) is 0 Å². The van der Waals surface area contributed by atoms with Crippen molar-refractivity contribution < 1.29 is 4.74 Å². The summed E-state index contributed by atoms with van der Waals surface area (Å²) in [5, 5.41) is 0. The standard InChI is InChI=1S/C16H20N2O/c1-10-5-8-14(16(19-4)12(10)3)15(17)13-7-6-11(2)18-9-13/h5-9,15H,17H2,1-4H3. The zero-order valence-electron chi connectivity index (χ0n) is 11.9. The van der Waals surface area contributed by atoms with Gasteiger partial charge >= 0.3 is 0 Å². The van der Waals surface area contributed by atoms with Crippen molar-refractivity contribution in [3.8, 4) is 5.75 Å². The molecule has 3 heteroatoms. The van der Waals surface area contributed by atoms with Crippen molar-refractivity contribution in [3.05, 3.63) is 58.4 Å². The van der Waals surface area contributed by atoms with E-state index in [-0.39, 0.29) is 6.04 Å². The molecule has 1 atom stereocenters. The van der Waals surface area contributed by atoms with E-state index in [1.807, 2.05) is 31.3 Å². The van der Waals surface area contributed by atoms with Crippen LogP contribution in [-0.2, 0) is 0 Å². The summed E-state index contributed by atoms with van der Waals surface area (Å²) in [5.74, 6) is 0.869. The second kappa shape index (κ2) is 5.41. The van der Waals surface area contributed by atoms with Crippen LogP contribution >= 0.6 is 0 Å². The molecule has 0 radical (unpaired) electrons. The van der Waals surface area contributed by atoms with Crippen molar-refractivity contribution >= 4 is 0 Å². The molecule has 1 heterocycles. The number of benzene rings is 1. The summed E-state index contributed by atoms with van der Waals surface area (Å²) in [6.07, 6.45) is 1.83.